The number of carboxylic acids is 1. The number of rotatable bonds is 2. The molecule has 1 fully saturated rings. The Morgan fingerprint density at radius 2 is 2.26 bits per heavy atom. The van der Waals surface area contributed by atoms with Gasteiger partial charge in [-0.25, -0.2) is 4.79 Å². The van der Waals surface area contributed by atoms with Crippen LogP contribution < -0.4 is 5.32 Å². The number of anilines is 1. The summed E-state index contributed by atoms with van der Waals surface area (Å²) in [6.07, 6.45) is 4.63. The second-order valence-electron chi connectivity index (χ2n) is 4.80. The van der Waals surface area contributed by atoms with Crippen LogP contribution in [-0.4, -0.2) is 40.1 Å². The summed E-state index contributed by atoms with van der Waals surface area (Å²) in [6, 6.07) is 1.56. The molecule has 0 bridgehead atoms. The second-order valence-corrected chi connectivity index (χ2v) is 4.80. The molecule has 1 saturated heterocycles. The SMILES string of the molecule is Cc1cncc(NC(=O)N2CCCC(C(=O)O)C2)c1. The number of hydrogen-bond donors (Lipinski definition) is 2. The number of aliphatic carboxylic acids is 1. The van der Waals surface area contributed by atoms with Gasteiger partial charge < -0.3 is 15.3 Å². The van der Waals surface area contributed by atoms with E-state index < -0.39 is 11.9 Å². The lowest BCUT2D eigenvalue weighted by Crippen LogP contribution is -2.44. The van der Waals surface area contributed by atoms with Crippen LogP contribution in [0.1, 0.15) is 18.4 Å². The highest BCUT2D eigenvalue weighted by atomic mass is 16.4. The minimum absolute atomic E-state index is 0.264. The molecular formula is C13H17N3O3. The van der Waals surface area contributed by atoms with Gasteiger partial charge in [-0.1, -0.05) is 0 Å². The van der Waals surface area contributed by atoms with E-state index in [-0.39, 0.29) is 12.6 Å². The van der Waals surface area contributed by atoms with Crippen LogP contribution >= 0.6 is 0 Å². The second kappa shape index (κ2) is 5.69. The number of carboxylic acid groups (broad SMARTS) is 1. The number of carbonyl (C=O) groups is 2. The lowest BCUT2D eigenvalue weighted by molar-refractivity contribution is -0.143. The number of urea groups is 1. The first-order valence-electron chi connectivity index (χ1n) is 6.26. The summed E-state index contributed by atoms with van der Waals surface area (Å²) in [5, 5.41) is 11.7. The van der Waals surface area contributed by atoms with Gasteiger partial charge in [0, 0.05) is 19.3 Å². The third-order valence-corrected chi connectivity index (χ3v) is 3.18. The van der Waals surface area contributed by atoms with E-state index in [1.54, 1.807) is 17.3 Å². The Hall–Kier alpha value is -2.11. The minimum Gasteiger partial charge on any atom is -0.481 e. The Balaban J connectivity index is 1.98. The van der Waals surface area contributed by atoms with E-state index in [0.29, 0.717) is 18.7 Å². The molecule has 1 unspecified atom stereocenters. The van der Waals surface area contributed by atoms with Gasteiger partial charge in [0.1, 0.15) is 0 Å². The van der Waals surface area contributed by atoms with Crippen molar-refractivity contribution < 1.29 is 14.7 Å². The summed E-state index contributed by atoms with van der Waals surface area (Å²) in [4.78, 5) is 28.5. The molecule has 1 aromatic rings. The molecule has 2 amide bonds. The number of likely N-dealkylation sites (tertiary alicyclic amines) is 1. The van der Waals surface area contributed by atoms with Crippen molar-refractivity contribution in [3.05, 3.63) is 24.0 Å². The van der Waals surface area contributed by atoms with Crippen molar-refractivity contribution in [3.8, 4) is 0 Å². The van der Waals surface area contributed by atoms with Crippen LogP contribution in [0.5, 0.6) is 0 Å². The topological polar surface area (TPSA) is 82.5 Å². The number of nitrogens with zero attached hydrogens (tertiary/aromatic N) is 2. The molecule has 2 heterocycles. The maximum absolute atomic E-state index is 12.0. The largest absolute Gasteiger partial charge is 0.481 e. The Bertz CT molecular complexity index is 490. The molecule has 2 rings (SSSR count). The van der Waals surface area contributed by atoms with E-state index in [0.717, 1.165) is 12.0 Å². The maximum Gasteiger partial charge on any atom is 0.321 e. The Labute approximate surface area is 111 Å². The van der Waals surface area contributed by atoms with E-state index in [2.05, 4.69) is 10.3 Å². The van der Waals surface area contributed by atoms with E-state index in [9.17, 15) is 9.59 Å². The predicted molar refractivity (Wildman–Crippen MR) is 69.9 cm³/mol. The van der Waals surface area contributed by atoms with Gasteiger partial charge in [-0.05, 0) is 31.4 Å². The van der Waals surface area contributed by atoms with Gasteiger partial charge in [0.2, 0.25) is 0 Å². The minimum atomic E-state index is -0.838. The van der Waals surface area contributed by atoms with Gasteiger partial charge in [-0.2, -0.15) is 0 Å². The number of pyridine rings is 1. The summed E-state index contributed by atoms with van der Waals surface area (Å²) < 4.78 is 0. The number of aromatic nitrogens is 1. The van der Waals surface area contributed by atoms with Crippen molar-refractivity contribution in [2.75, 3.05) is 18.4 Å². The van der Waals surface area contributed by atoms with Crippen molar-refractivity contribution in [2.24, 2.45) is 5.92 Å². The van der Waals surface area contributed by atoms with Crippen LogP contribution in [0, 0.1) is 12.8 Å². The normalized spacial score (nSPS) is 19.0. The van der Waals surface area contributed by atoms with Crippen LogP contribution in [0.3, 0.4) is 0 Å². The molecule has 0 spiro atoms. The zero-order valence-corrected chi connectivity index (χ0v) is 10.8. The zero-order chi connectivity index (χ0) is 13.8. The number of piperidine rings is 1. The molecule has 1 atom stereocenters. The summed E-state index contributed by atoms with van der Waals surface area (Å²) in [6.45, 7) is 2.75. The highest BCUT2D eigenvalue weighted by molar-refractivity contribution is 5.89. The molecular weight excluding hydrogens is 246 g/mol. The Morgan fingerprint density at radius 1 is 1.47 bits per heavy atom. The fraction of sp³-hybridized carbons (Fsp3) is 0.462. The molecule has 0 saturated carbocycles. The lowest BCUT2D eigenvalue weighted by atomic mass is 9.99. The van der Waals surface area contributed by atoms with Crippen LogP contribution in [0.15, 0.2) is 18.5 Å². The van der Waals surface area contributed by atoms with E-state index in [1.807, 2.05) is 13.0 Å². The average Bonchev–Trinajstić information content (AvgIpc) is 2.39. The van der Waals surface area contributed by atoms with Gasteiger partial charge >= 0.3 is 12.0 Å². The van der Waals surface area contributed by atoms with Crippen LogP contribution in [0.25, 0.3) is 0 Å². The van der Waals surface area contributed by atoms with Gasteiger partial charge in [-0.15, -0.1) is 0 Å². The molecule has 0 aromatic carbocycles. The van der Waals surface area contributed by atoms with E-state index in [1.165, 1.54) is 0 Å². The standard InChI is InChI=1S/C13H17N3O3/c1-9-5-11(7-14-6-9)15-13(19)16-4-2-3-10(8-16)12(17)18/h5-7,10H,2-4,8H2,1H3,(H,15,19)(H,17,18). The van der Waals surface area contributed by atoms with Crippen LogP contribution in [0.4, 0.5) is 10.5 Å². The third kappa shape index (κ3) is 3.43. The molecule has 0 radical (unpaired) electrons. The number of nitrogens with one attached hydrogen (secondary N) is 1. The average molecular weight is 263 g/mol. The fourth-order valence-electron chi connectivity index (χ4n) is 2.19. The van der Waals surface area contributed by atoms with Crippen LogP contribution in [0.2, 0.25) is 0 Å². The first kappa shape index (κ1) is 13.3. The van der Waals surface area contributed by atoms with Gasteiger partial charge in [0.25, 0.3) is 0 Å². The third-order valence-electron chi connectivity index (χ3n) is 3.18. The van der Waals surface area contributed by atoms with Crippen molar-refractivity contribution in [1.82, 2.24) is 9.88 Å². The van der Waals surface area contributed by atoms with Crippen molar-refractivity contribution in [1.29, 1.82) is 0 Å². The molecule has 1 aliphatic rings. The predicted octanol–water partition coefficient (Wildman–Crippen LogP) is 1.72. The summed E-state index contributed by atoms with van der Waals surface area (Å²) in [7, 11) is 0. The van der Waals surface area contributed by atoms with E-state index >= 15 is 0 Å². The molecule has 0 aliphatic carbocycles. The fourth-order valence-corrected chi connectivity index (χ4v) is 2.19. The molecule has 2 N–H and O–H groups in total. The van der Waals surface area contributed by atoms with Crippen molar-refractivity contribution in [2.45, 2.75) is 19.8 Å². The molecule has 6 nitrogen and oxygen atoms in total. The van der Waals surface area contributed by atoms with Crippen LogP contribution in [-0.2, 0) is 4.79 Å². The number of hydrogen-bond acceptors (Lipinski definition) is 3. The monoisotopic (exact) mass is 263 g/mol. The highest BCUT2D eigenvalue weighted by Gasteiger charge is 2.28. The lowest BCUT2D eigenvalue weighted by Gasteiger charge is -2.30. The number of carbonyl (C=O) groups excluding carboxylic acids is 1. The Morgan fingerprint density at radius 3 is 2.95 bits per heavy atom. The first-order valence-corrected chi connectivity index (χ1v) is 6.26. The molecule has 6 heteroatoms. The molecule has 1 aromatic heterocycles. The maximum atomic E-state index is 12.0. The smallest absolute Gasteiger partial charge is 0.321 e. The van der Waals surface area contributed by atoms with Gasteiger partial charge in [0.15, 0.2) is 0 Å². The molecule has 102 valence electrons. The molecule has 19 heavy (non-hydrogen) atoms. The Kier molecular flexibility index (Phi) is 3.99. The van der Waals surface area contributed by atoms with Gasteiger partial charge in [0.05, 0.1) is 17.8 Å². The zero-order valence-electron chi connectivity index (χ0n) is 10.8. The van der Waals surface area contributed by atoms with Crippen molar-refractivity contribution >= 4 is 17.7 Å². The summed E-state index contributed by atoms with van der Waals surface area (Å²) >= 11 is 0. The highest BCUT2D eigenvalue weighted by Crippen LogP contribution is 2.18. The van der Waals surface area contributed by atoms with E-state index in [4.69, 9.17) is 5.11 Å². The summed E-state index contributed by atoms with van der Waals surface area (Å²) in [5.41, 5.74) is 1.59. The number of amides is 2. The number of aryl methyl sites for hydroxylation is 1. The first-order chi connectivity index (χ1) is 9.06. The van der Waals surface area contributed by atoms with Crippen molar-refractivity contribution in [3.63, 3.8) is 0 Å². The van der Waals surface area contributed by atoms with Gasteiger partial charge in [-0.3, -0.25) is 9.78 Å². The summed E-state index contributed by atoms with van der Waals surface area (Å²) in [5.74, 6) is -1.30. The quantitative estimate of drug-likeness (QED) is 0.851. The molecule has 1 aliphatic heterocycles.